The fourth-order valence-corrected chi connectivity index (χ4v) is 2.05. The van der Waals surface area contributed by atoms with E-state index in [4.69, 9.17) is 0 Å². The van der Waals surface area contributed by atoms with E-state index in [1.807, 2.05) is 31.2 Å². The van der Waals surface area contributed by atoms with Gasteiger partial charge in [0, 0.05) is 25.4 Å². The third-order valence-electron chi connectivity index (χ3n) is 3.20. The van der Waals surface area contributed by atoms with Crippen LogP contribution in [0.25, 0.3) is 0 Å². The second-order valence-corrected chi connectivity index (χ2v) is 4.74. The summed E-state index contributed by atoms with van der Waals surface area (Å²) in [6.45, 7) is 3.15. The molecule has 1 fully saturated rings. The van der Waals surface area contributed by atoms with Gasteiger partial charge in [0.25, 0.3) is 0 Å². The largest absolute Gasteiger partial charge is 0.356 e. The van der Waals surface area contributed by atoms with Gasteiger partial charge in [-0.25, -0.2) is 0 Å². The van der Waals surface area contributed by atoms with Crippen molar-refractivity contribution < 1.29 is 9.59 Å². The molecule has 1 aromatic rings. The molecule has 2 N–H and O–H groups in total. The number of hydrogen-bond acceptors (Lipinski definition) is 2. The molecular weight excluding hydrogens is 228 g/mol. The molecular formula is C14H18N2O2. The van der Waals surface area contributed by atoms with Gasteiger partial charge in [-0.1, -0.05) is 29.8 Å². The van der Waals surface area contributed by atoms with Crippen molar-refractivity contribution in [1.29, 1.82) is 0 Å². The highest BCUT2D eigenvalue weighted by molar-refractivity contribution is 5.86. The molecule has 18 heavy (non-hydrogen) atoms. The first kappa shape index (κ1) is 12.6. The molecule has 2 rings (SSSR count). The molecule has 0 spiro atoms. The van der Waals surface area contributed by atoms with E-state index < -0.39 is 0 Å². The summed E-state index contributed by atoms with van der Waals surface area (Å²) in [4.78, 5) is 23.1. The van der Waals surface area contributed by atoms with E-state index in [-0.39, 0.29) is 17.7 Å². The molecule has 2 amide bonds. The van der Waals surface area contributed by atoms with Crippen LogP contribution in [0.5, 0.6) is 0 Å². The van der Waals surface area contributed by atoms with Crippen molar-refractivity contribution in [3.8, 4) is 0 Å². The third kappa shape index (κ3) is 3.32. The van der Waals surface area contributed by atoms with Crippen LogP contribution in [0.3, 0.4) is 0 Å². The van der Waals surface area contributed by atoms with Crippen LogP contribution in [0, 0.1) is 12.8 Å². The number of nitrogens with one attached hydrogen (secondary N) is 2. The maximum Gasteiger partial charge on any atom is 0.223 e. The van der Waals surface area contributed by atoms with Gasteiger partial charge in [0.2, 0.25) is 11.8 Å². The summed E-state index contributed by atoms with van der Waals surface area (Å²) >= 11 is 0. The van der Waals surface area contributed by atoms with Crippen molar-refractivity contribution >= 4 is 11.8 Å². The lowest BCUT2D eigenvalue weighted by Gasteiger charge is -2.21. The Morgan fingerprint density at radius 1 is 1.39 bits per heavy atom. The summed E-state index contributed by atoms with van der Waals surface area (Å²) in [5, 5.41) is 5.62. The van der Waals surface area contributed by atoms with Crippen LogP contribution in [0.1, 0.15) is 24.0 Å². The average molecular weight is 246 g/mol. The molecule has 4 nitrogen and oxygen atoms in total. The number of aryl methyl sites for hydroxylation is 1. The van der Waals surface area contributed by atoms with Crippen molar-refractivity contribution in [1.82, 2.24) is 10.6 Å². The number of amides is 2. The van der Waals surface area contributed by atoms with E-state index >= 15 is 0 Å². The SMILES string of the molecule is Cc1ccc(CNC(=O)C2CCNC(=O)C2)cc1. The molecule has 1 saturated heterocycles. The number of rotatable bonds is 3. The normalized spacial score (nSPS) is 19.2. The zero-order chi connectivity index (χ0) is 13.0. The molecule has 0 radical (unpaired) electrons. The van der Waals surface area contributed by atoms with Crippen LogP contribution in [0.15, 0.2) is 24.3 Å². The van der Waals surface area contributed by atoms with Gasteiger partial charge in [0.15, 0.2) is 0 Å². The molecule has 96 valence electrons. The zero-order valence-electron chi connectivity index (χ0n) is 10.5. The van der Waals surface area contributed by atoms with Crippen molar-refractivity contribution in [2.24, 2.45) is 5.92 Å². The molecule has 1 aliphatic rings. The van der Waals surface area contributed by atoms with Gasteiger partial charge in [0.1, 0.15) is 0 Å². The van der Waals surface area contributed by atoms with E-state index in [0.29, 0.717) is 19.5 Å². The summed E-state index contributed by atoms with van der Waals surface area (Å²) < 4.78 is 0. The van der Waals surface area contributed by atoms with Crippen LogP contribution in [0.2, 0.25) is 0 Å². The molecule has 4 heteroatoms. The van der Waals surface area contributed by atoms with Crippen molar-refractivity contribution in [3.63, 3.8) is 0 Å². The first-order valence-electron chi connectivity index (χ1n) is 6.25. The first-order chi connectivity index (χ1) is 8.65. The summed E-state index contributed by atoms with van der Waals surface area (Å²) in [7, 11) is 0. The monoisotopic (exact) mass is 246 g/mol. The van der Waals surface area contributed by atoms with Crippen molar-refractivity contribution in [3.05, 3.63) is 35.4 Å². The molecule has 1 unspecified atom stereocenters. The van der Waals surface area contributed by atoms with Crippen molar-refractivity contribution in [2.45, 2.75) is 26.3 Å². The van der Waals surface area contributed by atoms with Crippen LogP contribution in [-0.2, 0) is 16.1 Å². The highest BCUT2D eigenvalue weighted by Gasteiger charge is 2.24. The topological polar surface area (TPSA) is 58.2 Å². The van der Waals surface area contributed by atoms with Gasteiger partial charge in [0.05, 0.1) is 0 Å². The van der Waals surface area contributed by atoms with E-state index in [1.54, 1.807) is 0 Å². The third-order valence-corrected chi connectivity index (χ3v) is 3.20. The molecule has 1 heterocycles. The number of carbonyl (C=O) groups excluding carboxylic acids is 2. The molecule has 1 aliphatic heterocycles. The van der Waals surface area contributed by atoms with E-state index in [0.717, 1.165) is 12.0 Å². The molecule has 1 aromatic carbocycles. The summed E-state index contributed by atoms with van der Waals surface area (Å²) in [6, 6.07) is 8.05. The van der Waals surface area contributed by atoms with Crippen LogP contribution in [-0.4, -0.2) is 18.4 Å². The first-order valence-corrected chi connectivity index (χ1v) is 6.25. The second-order valence-electron chi connectivity index (χ2n) is 4.74. The number of benzene rings is 1. The maximum absolute atomic E-state index is 11.9. The highest BCUT2D eigenvalue weighted by Crippen LogP contribution is 2.12. The Labute approximate surface area is 107 Å². The van der Waals surface area contributed by atoms with Gasteiger partial charge in [-0.15, -0.1) is 0 Å². The molecule has 0 bridgehead atoms. The summed E-state index contributed by atoms with van der Waals surface area (Å²) in [5.41, 5.74) is 2.28. The van der Waals surface area contributed by atoms with Crippen LogP contribution >= 0.6 is 0 Å². The minimum Gasteiger partial charge on any atom is -0.356 e. The lowest BCUT2D eigenvalue weighted by molar-refractivity contribution is -0.132. The van der Waals surface area contributed by atoms with Gasteiger partial charge < -0.3 is 10.6 Å². The van der Waals surface area contributed by atoms with E-state index in [1.165, 1.54) is 5.56 Å². The molecule has 0 saturated carbocycles. The Morgan fingerprint density at radius 3 is 2.78 bits per heavy atom. The quantitative estimate of drug-likeness (QED) is 0.840. The number of hydrogen-bond donors (Lipinski definition) is 2. The predicted molar refractivity (Wildman–Crippen MR) is 68.8 cm³/mol. The minimum atomic E-state index is -0.177. The molecule has 0 aromatic heterocycles. The standard InChI is InChI=1S/C14H18N2O2/c1-10-2-4-11(5-3-10)9-16-14(18)12-6-7-15-13(17)8-12/h2-5,12H,6-9H2,1H3,(H,15,17)(H,16,18). The van der Waals surface area contributed by atoms with Gasteiger partial charge in [-0.3, -0.25) is 9.59 Å². The van der Waals surface area contributed by atoms with Crippen LogP contribution < -0.4 is 10.6 Å². The van der Waals surface area contributed by atoms with Gasteiger partial charge in [-0.05, 0) is 18.9 Å². The summed E-state index contributed by atoms with van der Waals surface area (Å²) in [6.07, 6.45) is 1.03. The number of carbonyl (C=O) groups is 2. The predicted octanol–water partition coefficient (Wildman–Crippen LogP) is 1.14. The fraction of sp³-hybridized carbons (Fsp3) is 0.429. The Bertz CT molecular complexity index is 440. The van der Waals surface area contributed by atoms with Crippen LogP contribution in [0.4, 0.5) is 0 Å². The fourth-order valence-electron chi connectivity index (χ4n) is 2.05. The average Bonchev–Trinajstić information content (AvgIpc) is 2.38. The van der Waals surface area contributed by atoms with E-state index in [9.17, 15) is 9.59 Å². The zero-order valence-corrected chi connectivity index (χ0v) is 10.5. The number of piperidine rings is 1. The smallest absolute Gasteiger partial charge is 0.223 e. The molecule has 0 aliphatic carbocycles. The summed E-state index contributed by atoms with van der Waals surface area (Å²) in [5.74, 6) is -0.230. The minimum absolute atomic E-state index is 0.0228. The van der Waals surface area contributed by atoms with Gasteiger partial charge >= 0.3 is 0 Å². The lowest BCUT2D eigenvalue weighted by atomic mass is 9.96. The Kier molecular flexibility index (Phi) is 3.97. The second kappa shape index (κ2) is 5.67. The highest BCUT2D eigenvalue weighted by atomic mass is 16.2. The van der Waals surface area contributed by atoms with Crippen molar-refractivity contribution in [2.75, 3.05) is 6.54 Å². The van der Waals surface area contributed by atoms with E-state index in [2.05, 4.69) is 10.6 Å². The van der Waals surface area contributed by atoms with Gasteiger partial charge in [-0.2, -0.15) is 0 Å². The Morgan fingerprint density at radius 2 is 2.11 bits per heavy atom. The Hall–Kier alpha value is -1.84. The Balaban J connectivity index is 1.84. The maximum atomic E-state index is 11.9. The molecule has 1 atom stereocenters. The lowest BCUT2D eigenvalue weighted by Crippen LogP contribution is -2.40.